The molecule has 1 aromatic carbocycles. The molecule has 1 amide bonds. The van der Waals surface area contributed by atoms with E-state index in [2.05, 4.69) is 9.88 Å². The minimum Gasteiger partial charge on any atom is -0.507 e. The van der Waals surface area contributed by atoms with Crippen molar-refractivity contribution in [2.24, 2.45) is 0 Å². The molecule has 0 radical (unpaired) electrons. The van der Waals surface area contributed by atoms with E-state index >= 15 is 0 Å². The maximum atomic E-state index is 13.2. The van der Waals surface area contributed by atoms with Gasteiger partial charge in [0.1, 0.15) is 17.3 Å². The second-order valence-electron chi connectivity index (χ2n) is 7.49. The number of aromatic nitrogens is 1. The first-order valence-electron chi connectivity index (χ1n) is 10.7. The van der Waals surface area contributed by atoms with Crippen molar-refractivity contribution in [1.82, 2.24) is 14.8 Å². The number of hydrogen-bond donors (Lipinski definition) is 1. The molecule has 1 N–H and O–H groups in total. The monoisotopic (exact) mass is 473 g/mol. The van der Waals surface area contributed by atoms with Crippen LogP contribution in [0.15, 0.2) is 42.2 Å². The average Bonchev–Trinajstić information content (AvgIpc) is 3.09. The number of ether oxygens (including phenoxy) is 2. The number of likely N-dealkylation sites (tertiary alicyclic amines) is 1. The summed E-state index contributed by atoms with van der Waals surface area (Å²) >= 11 is 6.28. The summed E-state index contributed by atoms with van der Waals surface area (Å²) in [6.45, 7) is 6.63. The molecule has 1 saturated heterocycles. The molecule has 0 spiro atoms. The fourth-order valence-corrected chi connectivity index (χ4v) is 4.21. The van der Waals surface area contributed by atoms with Crippen LogP contribution in [0.1, 0.15) is 31.0 Å². The van der Waals surface area contributed by atoms with Gasteiger partial charge in [0, 0.05) is 31.5 Å². The van der Waals surface area contributed by atoms with Gasteiger partial charge in [0.2, 0.25) is 0 Å². The summed E-state index contributed by atoms with van der Waals surface area (Å²) in [6.07, 6.45) is 3.20. The SMILES string of the molecule is CCN(CC)CCN1C(=O)C(=O)/C(=C(/O)c2cc(Cl)c(OC)cc2OC)C1c1cccnc1. The smallest absolute Gasteiger partial charge is 0.295 e. The normalized spacial score (nSPS) is 17.6. The first-order chi connectivity index (χ1) is 15.9. The summed E-state index contributed by atoms with van der Waals surface area (Å²) < 4.78 is 10.6. The number of Topliss-reactive ketones (excluding diaryl/α,β-unsaturated/α-hetero) is 1. The van der Waals surface area contributed by atoms with E-state index in [0.717, 1.165) is 13.1 Å². The fourth-order valence-electron chi connectivity index (χ4n) is 3.97. The van der Waals surface area contributed by atoms with E-state index in [-0.39, 0.29) is 27.7 Å². The molecule has 0 saturated carbocycles. The summed E-state index contributed by atoms with van der Waals surface area (Å²) in [7, 11) is 2.89. The molecule has 0 aliphatic carbocycles. The molecule has 33 heavy (non-hydrogen) atoms. The summed E-state index contributed by atoms with van der Waals surface area (Å²) in [5, 5.41) is 11.5. The van der Waals surface area contributed by atoms with Crippen molar-refractivity contribution in [2.45, 2.75) is 19.9 Å². The van der Waals surface area contributed by atoms with Gasteiger partial charge in [-0.1, -0.05) is 31.5 Å². The van der Waals surface area contributed by atoms with Crippen LogP contribution in [-0.4, -0.2) is 72.0 Å². The van der Waals surface area contributed by atoms with E-state index in [4.69, 9.17) is 21.1 Å². The second kappa shape index (κ2) is 10.7. The number of rotatable bonds is 9. The number of halogens is 1. The van der Waals surface area contributed by atoms with E-state index < -0.39 is 17.7 Å². The lowest BCUT2D eigenvalue weighted by atomic mass is 9.96. The number of hydrogen-bond acceptors (Lipinski definition) is 7. The Kier molecular flexibility index (Phi) is 7.94. The molecule has 1 fully saturated rings. The molecule has 1 atom stereocenters. The third-order valence-corrected chi connectivity index (χ3v) is 6.12. The lowest BCUT2D eigenvalue weighted by Gasteiger charge is -2.28. The summed E-state index contributed by atoms with van der Waals surface area (Å²) in [5.41, 5.74) is 0.780. The highest BCUT2D eigenvalue weighted by Crippen LogP contribution is 2.42. The van der Waals surface area contributed by atoms with Crippen molar-refractivity contribution in [3.63, 3.8) is 0 Å². The van der Waals surface area contributed by atoms with Crippen molar-refractivity contribution in [3.05, 3.63) is 58.4 Å². The topological polar surface area (TPSA) is 92.2 Å². The highest BCUT2D eigenvalue weighted by atomic mass is 35.5. The number of aliphatic hydroxyl groups is 1. The quantitative estimate of drug-likeness (QED) is 0.338. The number of methoxy groups -OCH3 is 2. The number of benzene rings is 1. The van der Waals surface area contributed by atoms with E-state index in [1.165, 1.54) is 31.3 Å². The Labute approximate surface area is 198 Å². The van der Waals surface area contributed by atoms with Crippen LogP contribution in [-0.2, 0) is 9.59 Å². The zero-order chi connectivity index (χ0) is 24.1. The van der Waals surface area contributed by atoms with Crippen LogP contribution in [0.4, 0.5) is 0 Å². The zero-order valence-electron chi connectivity index (χ0n) is 19.2. The molecule has 1 aliphatic heterocycles. The molecule has 0 bridgehead atoms. The van der Waals surface area contributed by atoms with E-state index in [0.29, 0.717) is 24.4 Å². The maximum absolute atomic E-state index is 13.2. The summed E-state index contributed by atoms with van der Waals surface area (Å²) in [5.74, 6) is -1.19. The lowest BCUT2D eigenvalue weighted by Crippen LogP contribution is -2.38. The van der Waals surface area contributed by atoms with E-state index in [1.54, 1.807) is 24.5 Å². The van der Waals surface area contributed by atoms with Crippen LogP contribution in [0.3, 0.4) is 0 Å². The minimum atomic E-state index is -0.792. The fraction of sp³-hybridized carbons (Fsp3) is 0.375. The summed E-state index contributed by atoms with van der Waals surface area (Å²) in [4.78, 5) is 34.0. The number of pyridine rings is 1. The molecule has 176 valence electrons. The molecule has 1 unspecified atom stereocenters. The zero-order valence-corrected chi connectivity index (χ0v) is 19.9. The van der Waals surface area contributed by atoms with Gasteiger partial charge in [0.15, 0.2) is 0 Å². The van der Waals surface area contributed by atoms with Crippen molar-refractivity contribution < 1.29 is 24.2 Å². The Balaban J connectivity index is 2.16. The van der Waals surface area contributed by atoms with Crippen molar-refractivity contribution in [2.75, 3.05) is 40.4 Å². The van der Waals surface area contributed by atoms with Gasteiger partial charge in [0.25, 0.3) is 11.7 Å². The predicted molar refractivity (Wildman–Crippen MR) is 126 cm³/mol. The van der Waals surface area contributed by atoms with Gasteiger partial charge in [-0.2, -0.15) is 0 Å². The number of carbonyl (C=O) groups is 2. The van der Waals surface area contributed by atoms with E-state index in [1.807, 2.05) is 13.8 Å². The average molecular weight is 474 g/mol. The largest absolute Gasteiger partial charge is 0.507 e. The van der Waals surface area contributed by atoms with Crippen molar-refractivity contribution in [3.8, 4) is 11.5 Å². The minimum absolute atomic E-state index is 0.0351. The van der Waals surface area contributed by atoms with Crippen LogP contribution in [0, 0.1) is 0 Å². The third kappa shape index (κ3) is 4.82. The Morgan fingerprint density at radius 2 is 1.88 bits per heavy atom. The van der Waals surface area contributed by atoms with Gasteiger partial charge in [0.05, 0.1) is 36.4 Å². The molecule has 1 aliphatic rings. The highest BCUT2D eigenvalue weighted by molar-refractivity contribution is 6.46. The summed E-state index contributed by atoms with van der Waals surface area (Å²) in [6, 6.07) is 5.69. The molecule has 2 heterocycles. The highest BCUT2D eigenvalue weighted by Gasteiger charge is 2.46. The number of amides is 1. The third-order valence-electron chi connectivity index (χ3n) is 5.82. The Hall–Kier alpha value is -3.10. The van der Waals surface area contributed by atoms with Crippen molar-refractivity contribution >= 4 is 29.1 Å². The van der Waals surface area contributed by atoms with Gasteiger partial charge in [-0.05, 0) is 30.8 Å². The second-order valence-corrected chi connectivity index (χ2v) is 7.90. The van der Waals surface area contributed by atoms with Crippen molar-refractivity contribution in [1.29, 1.82) is 0 Å². The van der Waals surface area contributed by atoms with Gasteiger partial charge in [-0.3, -0.25) is 14.6 Å². The maximum Gasteiger partial charge on any atom is 0.295 e. The molecular weight excluding hydrogens is 446 g/mol. The standard InChI is InChI=1S/C24H28ClN3O5/c1-5-27(6-2)10-11-28-21(15-8-7-9-26-14-15)20(23(30)24(28)31)22(29)16-12-17(25)19(33-4)13-18(16)32-3/h7-9,12-14,21,29H,5-6,10-11H2,1-4H3/b22-20+. The molecule has 9 heteroatoms. The number of aliphatic hydroxyl groups excluding tert-OH is 1. The Morgan fingerprint density at radius 3 is 2.45 bits per heavy atom. The molecule has 2 aromatic rings. The van der Waals surface area contributed by atoms with Gasteiger partial charge in [-0.25, -0.2) is 0 Å². The number of ketones is 1. The first kappa shape index (κ1) is 24.5. The Bertz CT molecular complexity index is 1050. The van der Waals surface area contributed by atoms with Crippen LogP contribution in [0.25, 0.3) is 5.76 Å². The predicted octanol–water partition coefficient (Wildman–Crippen LogP) is 3.52. The van der Waals surface area contributed by atoms with Crippen LogP contribution >= 0.6 is 11.6 Å². The van der Waals surface area contributed by atoms with Gasteiger partial charge in [-0.15, -0.1) is 0 Å². The van der Waals surface area contributed by atoms with Gasteiger partial charge < -0.3 is 24.4 Å². The first-order valence-corrected chi connectivity index (χ1v) is 11.1. The molecule has 3 rings (SSSR count). The number of carbonyl (C=O) groups excluding carboxylic acids is 2. The Morgan fingerprint density at radius 1 is 1.18 bits per heavy atom. The lowest BCUT2D eigenvalue weighted by molar-refractivity contribution is -0.140. The number of nitrogens with zero attached hydrogens (tertiary/aromatic N) is 3. The molecule has 8 nitrogen and oxygen atoms in total. The van der Waals surface area contributed by atoms with Crippen LogP contribution < -0.4 is 9.47 Å². The van der Waals surface area contributed by atoms with E-state index in [9.17, 15) is 14.7 Å². The van der Waals surface area contributed by atoms with Crippen LogP contribution in [0.2, 0.25) is 5.02 Å². The van der Waals surface area contributed by atoms with Crippen LogP contribution in [0.5, 0.6) is 11.5 Å². The van der Waals surface area contributed by atoms with Gasteiger partial charge >= 0.3 is 0 Å². The molecular formula is C24H28ClN3O5. The molecule has 1 aromatic heterocycles. The number of likely N-dealkylation sites (N-methyl/N-ethyl adjacent to an activating group) is 1.